The Bertz CT molecular complexity index is 232. The molecule has 1 aliphatic rings. The number of nitrogens with zero attached hydrogens (tertiary/aromatic N) is 2. The molecule has 2 atom stereocenters. The minimum atomic E-state index is 0.305. The van der Waals surface area contributed by atoms with Gasteiger partial charge in [-0.3, -0.25) is 0 Å². The van der Waals surface area contributed by atoms with Gasteiger partial charge < -0.3 is 21.2 Å². The van der Waals surface area contributed by atoms with Crippen LogP contribution in [0.1, 0.15) is 32.6 Å². The van der Waals surface area contributed by atoms with Crippen LogP contribution >= 0.6 is 0 Å². The summed E-state index contributed by atoms with van der Waals surface area (Å²) in [6, 6.07) is 0.950. The number of hydrogen-bond donors (Lipinski definition) is 3. The molecule has 5 heteroatoms. The minimum Gasteiger partial charge on any atom is -0.409 e. The first-order valence-corrected chi connectivity index (χ1v) is 6.07. The van der Waals surface area contributed by atoms with Crippen molar-refractivity contribution in [1.82, 2.24) is 10.2 Å². The molecule has 1 aliphatic heterocycles. The Morgan fingerprint density at radius 3 is 2.94 bits per heavy atom. The number of nitrogens with two attached hydrogens (primary N) is 1. The highest BCUT2D eigenvalue weighted by molar-refractivity contribution is 5.80. The average molecular weight is 228 g/mol. The molecule has 0 saturated carbocycles. The van der Waals surface area contributed by atoms with Crippen LogP contribution in [-0.4, -0.2) is 48.2 Å². The topological polar surface area (TPSA) is 73.9 Å². The summed E-state index contributed by atoms with van der Waals surface area (Å²) in [6.45, 7) is 4.30. The summed E-state index contributed by atoms with van der Waals surface area (Å²) in [5, 5.41) is 15.0. The van der Waals surface area contributed by atoms with Crippen LogP contribution in [0.5, 0.6) is 0 Å². The molecule has 5 nitrogen and oxygen atoms in total. The summed E-state index contributed by atoms with van der Waals surface area (Å²) >= 11 is 0. The molecule has 0 spiro atoms. The number of rotatable bonds is 6. The molecule has 1 saturated heterocycles. The van der Waals surface area contributed by atoms with E-state index in [0.29, 0.717) is 24.3 Å². The Morgan fingerprint density at radius 1 is 1.69 bits per heavy atom. The van der Waals surface area contributed by atoms with E-state index in [2.05, 4.69) is 29.3 Å². The van der Waals surface area contributed by atoms with E-state index in [1.807, 2.05) is 0 Å². The fraction of sp³-hybridized carbons (Fsp3) is 0.909. The van der Waals surface area contributed by atoms with Gasteiger partial charge in [0.1, 0.15) is 5.84 Å². The molecule has 0 bridgehead atoms. The van der Waals surface area contributed by atoms with Crippen LogP contribution in [0.4, 0.5) is 0 Å². The molecule has 0 aromatic rings. The zero-order valence-corrected chi connectivity index (χ0v) is 10.3. The summed E-state index contributed by atoms with van der Waals surface area (Å²) in [5.74, 6) is 0.305. The normalized spacial score (nSPS) is 24.9. The molecule has 2 unspecified atom stereocenters. The summed E-state index contributed by atoms with van der Waals surface area (Å²) < 4.78 is 0. The predicted octanol–water partition coefficient (Wildman–Crippen LogP) is 0.585. The van der Waals surface area contributed by atoms with Crippen LogP contribution in [0.25, 0.3) is 0 Å². The lowest BCUT2D eigenvalue weighted by molar-refractivity contribution is 0.288. The second-order valence-electron chi connectivity index (χ2n) is 4.59. The molecular formula is C11H24N4O. The van der Waals surface area contributed by atoms with Crippen molar-refractivity contribution in [2.75, 3.05) is 20.1 Å². The highest BCUT2D eigenvalue weighted by atomic mass is 16.4. The summed E-state index contributed by atoms with van der Waals surface area (Å²) in [6.07, 6.45) is 4.17. The zero-order chi connectivity index (χ0) is 12.0. The van der Waals surface area contributed by atoms with Crippen molar-refractivity contribution in [2.45, 2.75) is 44.7 Å². The van der Waals surface area contributed by atoms with E-state index in [0.717, 1.165) is 13.0 Å². The van der Waals surface area contributed by atoms with E-state index in [4.69, 9.17) is 10.9 Å². The van der Waals surface area contributed by atoms with Gasteiger partial charge in [0, 0.05) is 25.0 Å². The van der Waals surface area contributed by atoms with Gasteiger partial charge in [-0.1, -0.05) is 12.1 Å². The van der Waals surface area contributed by atoms with Crippen LogP contribution in [0.15, 0.2) is 5.16 Å². The molecule has 94 valence electrons. The highest BCUT2D eigenvalue weighted by Crippen LogP contribution is 2.14. The number of nitrogens with one attached hydrogen (secondary N) is 1. The van der Waals surface area contributed by atoms with Crippen molar-refractivity contribution in [3.05, 3.63) is 0 Å². The molecule has 16 heavy (non-hydrogen) atoms. The number of oxime groups is 1. The Morgan fingerprint density at radius 2 is 2.44 bits per heavy atom. The van der Waals surface area contributed by atoms with Gasteiger partial charge >= 0.3 is 0 Å². The zero-order valence-electron chi connectivity index (χ0n) is 10.3. The van der Waals surface area contributed by atoms with Crippen LogP contribution in [0.3, 0.4) is 0 Å². The fourth-order valence-corrected chi connectivity index (χ4v) is 2.19. The first kappa shape index (κ1) is 13.3. The first-order chi connectivity index (χ1) is 7.67. The molecule has 1 fully saturated rings. The lowest BCUT2D eigenvalue weighted by Gasteiger charge is -2.23. The Kier molecular flexibility index (Phi) is 5.55. The lowest BCUT2D eigenvalue weighted by atomic mass is 10.1. The average Bonchev–Trinajstić information content (AvgIpc) is 2.69. The monoisotopic (exact) mass is 228 g/mol. The van der Waals surface area contributed by atoms with Crippen LogP contribution in [-0.2, 0) is 0 Å². The SMILES string of the molecule is CCC(CC(N)=NO)NCC1CCCN1C. The molecule has 1 heterocycles. The number of likely N-dealkylation sites (N-methyl/N-ethyl adjacent to an activating group) is 1. The molecule has 0 radical (unpaired) electrons. The molecule has 0 aromatic heterocycles. The number of hydrogen-bond acceptors (Lipinski definition) is 4. The Balaban J connectivity index is 2.28. The van der Waals surface area contributed by atoms with Crippen molar-refractivity contribution in [3.8, 4) is 0 Å². The number of amidine groups is 1. The van der Waals surface area contributed by atoms with Gasteiger partial charge in [0.25, 0.3) is 0 Å². The highest BCUT2D eigenvalue weighted by Gasteiger charge is 2.21. The van der Waals surface area contributed by atoms with Gasteiger partial charge in [-0.15, -0.1) is 0 Å². The number of likely N-dealkylation sites (tertiary alicyclic amines) is 1. The summed E-state index contributed by atoms with van der Waals surface area (Å²) in [5.41, 5.74) is 5.51. The maximum Gasteiger partial charge on any atom is 0.140 e. The van der Waals surface area contributed by atoms with Gasteiger partial charge in [0.05, 0.1) is 0 Å². The third kappa shape index (κ3) is 3.98. The minimum absolute atomic E-state index is 0.305. The van der Waals surface area contributed by atoms with Crippen LogP contribution in [0.2, 0.25) is 0 Å². The van der Waals surface area contributed by atoms with E-state index in [9.17, 15) is 0 Å². The molecule has 0 aliphatic carbocycles. The Hall–Kier alpha value is -0.810. The van der Waals surface area contributed by atoms with E-state index in [-0.39, 0.29) is 0 Å². The van der Waals surface area contributed by atoms with Crippen molar-refractivity contribution in [1.29, 1.82) is 0 Å². The largest absolute Gasteiger partial charge is 0.409 e. The Labute approximate surface area is 97.7 Å². The van der Waals surface area contributed by atoms with E-state index in [1.54, 1.807) is 0 Å². The van der Waals surface area contributed by atoms with Gasteiger partial charge in [0.2, 0.25) is 0 Å². The van der Waals surface area contributed by atoms with Gasteiger partial charge in [-0.05, 0) is 32.9 Å². The van der Waals surface area contributed by atoms with Crippen molar-refractivity contribution >= 4 is 5.84 Å². The standard InChI is InChI=1S/C11H24N4O/c1-3-9(7-11(12)14-16)13-8-10-5-4-6-15(10)2/h9-10,13,16H,3-8H2,1-2H3,(H2,12,14). The van der Waals surface area contributed by atoms with Crippen LogP contribution < -0.4 is 11.1 Å². The lowest BCUT2D eigenvalue weighted by Crippen LogP contribution is -2.41. The van der Waals surface area contributed by atoms with Gasteiger partial charge in [-0.25, -0.2) is 0 Å². The fourth-order valence-electron chi connectivity index (χ4n) is 2.19. The third-order valence-corrected chi connectivity index (χ3v) is 3.39. The summed E-state index contributed by atoms with van der Waals surface area (Å²) in [4.78, 5) is 2.39. The molecule has 0 amide bonds. The van der Waals surface area contributed by atoms with E-state index in [1.165, 1.54) is 19.4 Å². The van der Waals surface area contributed by atoms with Crippen LogP contribution in [0, 0.1) is 0 Å². The summed E-state index contributed by atoms with van der Waals surface area (Å²) in [7, 11) is 2.17. The van der Waals surface area contributed by atoms with Crippen molar-refractivity contribution in [2.24, 2.45) is 10.9 Å². The predicted molar refractivity (Wildman–Crippen MR) is 65.8 cm³/mol. The molecule has 1 rings (SSSR count). The van der Waals surface area contributed by atoms with E-state index >= 15 is 0 Å². The third-order valence-electron chi connectivity index (χ3n) is 3.39. The van der Waals surface area contributed by atoms with Crippen molar-refractivity contribution in [3.63, 3.8) is 0 Å². The quantitative estimate of drug-likeness (QED) is 0.269. The smallest absolute Gasteiger partial charge is 0.140 e. The first-order valence-electron chi connectivity index (χ1n) is 6.07. The molecule has 0 aromatic carbocycles. The maximum atomic E-state index is 8.53. The second-order valence-corrected chi connectivity index (χ2v) is 4.59. The molecule has 4 N–H and O–H groups in total. The second kappa shape index (κ2) is 6.70. The van der Waals surface area contributed by atoms with Gasteiger partial charge in [-0.2, -0.15) is 0 Å². The van der Waals surface area contributed by atoms with E-state index < -0.39 is 0 Å². The van der Waals surface area contributed by atoms with Gasteiger partial charge in [0.15, 0.2) is 0 Å². The molecular weight excluding hydrogens is 204 g/mol. The van der Waals surface area contributed by atoms with Crippen molar-refractivity contribution < 1.29 is 5.21 Å². The maximum absolute atomic E-state index is 8.53.